The molecule has 0 unspecified atom stereocenters. The van der Waals surface area contributed by atoms with E-state index in [0.717, 1.165) is 29.8 Å². The number of hydrogen-bond donors (Lipinski definition) is 1. The van der Waals surface area contributed by atoms with Gasteiger partial charge in [0.25, 0.3) is 0 Å². The number of fused-ring (bicyclic) bond motifs is 1. The Bertz CT molecular complexity index is 710. The number of benzene rings is 2. The molecular formula is C18H19N3. The first-order valence-corrected chi connectivity index (χ1v) is 7.21. The standard InChI is InChI=1S/C18H19N3/c19-12-13-21(14-15-6-2-1-3-7-15)18-11-10-16-8-4-5-9-17(16)20-18/h1-11H,12-14,19H2. The summed E-state index contributed by atoms with van der Waals surface area (Å²) in [5.74, 6) is 0.975. The van der Waals surface area contributed by atoms with E-state index in [-0.39, 0.29) is 0 Å². The van der Waals surface area contributed by atoms with E-state index in [9.17, 15) is 0 Å². The van der Waals surface area contributed by atoms with Crippen LogP contribution in [0.25, 0.3) is 10.9 Å². The molecule has 3 heteroatoms. The summed E-state index contributed by atoms with van der Waals surface area (Å²) in [4.78, 5) is 6.98. The highest BCUT2D eigenvalue weighted by atomic mass is 15.2. The van der Waals surface area contributed by atoms with Crippen LogP contribution in [-0.4, -0.2) is 18.1 Å². The SMILES string of the molecule is NCCN(Cc1ccccc1)c1ccc2ccccc2n1. The smallest absolute Gasteiger partial charge is 0.129 e. The largest absolute Gasteiger partial charge is 0.351 e. The van der Waals surface area contributed by atoms with Gasteiger partial charge in [0.1, 0.15) is 5.82 Å². The monoisotopic (exact) mass is 277 g/mol. The minimum atomic E-state index is 0.612. The van der Waals surface area contributed by atoms with Crippen LogP contribution >= 0.6 is 0 Å². The molecular weight excluding hydrogens is 258 g/mol. The summed E-state index contributed by atoms with van der Waals surface area (Å²) in [5.41, 5.74) is 8.05. The van der Waals surface area contributed by atoms with Crippen molar-refractivity contribution >= 4 is 16.7 Å². The Hall–Kier alpha value is -2.39. The van der Waals surface area contributed by atoms with Crippen LogP contribution in [0.2, 0.25) is 0 Å². The summed E-state index contributed by atoms with van der Waals surface area (Å²) < 4.78 is 0. The highest BCUT2D eigenvalue weighted by molar-refractivity contribution is 5.80. The van der Waals surface area contributed by atoms with Gasteiger partial charge in [-0.3, -0.25) is 0 Å². The molecule has 0 radical (unpaired) electrons. The summed E-state index contributed by atoms with van der Waals surface area (Å²) in [7, 11) is 0. The lowest BCUT2D eigenvalue weighted by Gasteiger charge is -2.23. The van der Waals surface area contributed by atoms with Gasteiger partial charge in [0.05, 0.1) is 5.52 Å². The van der Waals surface area contributed by atoms with E-state index in [1.807, 2.05) is 24.3 Å². The van der Waals surface area contributed by atoms with Crippen molar-refractivity contribution in [2.75, 3.05) is 18.0 Å². The van der Waals surface area contributed by atoms with Crippen molar-refractivity contribution in [1.82, 2.24) is 4.98 Å². The van der Waals surface area contributed by atoms with Crippen molar-refractivity contribution in [2.45, 2.75) is 6.54 Å². The molecule has 0 aliphatic heterocycles. The zero-order chi connectivity index (χ0) is 14.5. The molecule has 2 N–H and O–H groups in total. The number of aromatic nitrogens is 1. The molecule has 0 saturated carbocycles. The second-order valence-electron chi connectivity index (χ2n) is 5.06. The van der Waals surface area contributed by atoms with Crippen LogP contribution in [0.3, 0.4) is 0 Å². The first-order valence-electron chi connectivity index (χ1n) is 7.21. The Morgan fingerprint density at radius 3 is 2.43 bits per heavy atom. The summed E-state index contributed by atoms with van der Waals surface area (Å²) >= 11 is 0. The van der Waals surface area contributed by atoms with E-state index in [4.69, 9.17) is 10.7 Å². The zero-order valence-corrected chi connectivity index (χ0v) is 11.9. The van der Waals surface area contributed by atoms with E-state index in [0.29, 0.717) is 6.54 Å². The number of nitrogens with two attached hydrogens (primary N) is 1. The maximum absolute atomic E-state index is 5.76. The molecule has 106 valence electrons. The quantitative estimate of drug-likeness (QED) is 0.778. The number of pyridine rings is 1. The molecule has 3 rings (SSSR count). The third-order valence-corrected chi connectivity index (χ3v) is 3.52. The fraction of sp³-hybridized carbons (Fsp3) is 0.167. The Morgan fingerprint density at radius 1 is 0.857 bits per heavy atom. The Balaban J connectivity index is 1.91. The molecule has 0 aliphatic carbocycles. The molecule has 1 heterocycles. The van der Waals surface area contributed by atoms with Crippen LogP contribution in [0, 0.1) is 0 Å². The number of para-hydroxylation sites is 1. The van der Waals surface area contributed by atoms with E-state index in [1.165, 1.54) is 5.56 Å². The Labute approximate surface area is 125 Å². The van der Waals surface area contributed by atoms with Crippen molar-refractivity contribution in [2.24, 2.45) is 5.73 Å². The molecule has 0 atom stereocenters. The van der Waals surface area contributed by atoms with Gasteiger partial charge < -0.3 is 10.6 Å². The van der Waals surface area contributed by atoms with E-state index >= 15 is 0 Å². The van der Waals surface area contributed by atoms with Gasteiger partial charge in [-0.15, -0.1) is 0 Å². The lowest BCUT2D eigenvalue weighted by molar-refractivity contribution is 0.778. The third-order valence-electron chi connectivity index (χ3n) is 3.52. The topological polar surface area (TPSA) is 42.1 Å². The average molecular weight is 277 g/mol. The van der Waals surface area contributed by atoms with Crippen molar-refractivity contribution < 1.29 is 0 Å². The number of hydrogen-bond acceptors (Lipinski definition) is 3. The molecule has 0 spiro atoms. The van der Waals surface area contributed by atoms with Crippen LogP contribution in [0.1, 0.15) is 5.56 Å². The van der Waals surface area contributed by atoms with Crippen molar-refractivity contribution in [3.63, 3.8) is 0 Å². The molecule has 3 nitrogen and oxygen atoms in total. The summed E-state index contributed by atoms with van der Waals surface area (Å²) in [6.45, 7) is 2.23. The minimum Gasteiger partial charge on any atom is -0.351 e. The summed E-state index contributed by atoms with van der Waals surface area (Å²) in [6.07, 6.45) is 0. The molecule has 0 saturated heterocycles. The number of rotatable bonds is 5. The van der Waals surface area contributed by atoms with Gasteiger partial charge in [0.2, 0.25) is 0 Å². The normalized spacial score (nSPS) is 10.7. The van der Waals surface area contributed by atoms with Gasteiger partial charge in [0.15, 0.2) is 0 Å². The Morgan fingerprint density at radius 2 is 1.62 bits per heavy atom. The van der Waals surface area contributed by atoms with Gasteiger partial charge in [-0.25, -0.2) is 4.98 Å². The number of nitrogens with zero attached hydrogens (tertiary/aromatic N) is 2. The third kappa shape index (κ3) is 3.20. The van der Waals surface area contributed by atoms with Gasteiger partial charge in [-0.1, -0.05) is 48.5 Å². The fourth-order valence-electron chi connectivity index (χ4n) is 2.47. The molecule has 0 amide bonds. The first kappa shape index (κ1) is 13.6. The predicted octanol–water partition coefficient (Wildman–Crippen LogP) is 3.20. The van der Waals surface area contributed by atoms with Crippen LogP contribution < -0.4 is 10.6 Å². The van der Waals surface area contributed by atoms with Crippen LogP contribution in [0.4, 0.5) is 5.82 Å². The Kier molecular flexibility index (Phi) is 4.12. The minimum absolute atomic E-state index is 0.612. The molecule has 2 aromatic carbocycles. The van der Waals surface area contributed by atoms with Crippen LogP contribution in [0.15, 0.2) is 66.7 Å². The van der Waals surface area contributed by atoms with E-state index in [2.05, 4.69) is 47.4 Å². The predicted molar refractivity (Wildman–Crippen MR) is 88.3 cm³/mol. The van der Waals surface area contributed by atoms with Gasteiger partial charge in [-0.05, 0) is 23.8 Å². The molecule has 1 aromatic heterocycles. The fourth-order valence-corrected chi connectivity index (χ4v) is 2.47. The summed E-state index contributed by atoms with van der Waals surface area (Å²) in [6, 6.07) is 22.8. The second kappa shape index (κ2) is 6.37. The van der Waals surface area contributed by atoms with Crippen molar-refractivity contribution in [3.05, 3.63) is 72.3 Å². The zero-order valence-electron chi connectivity index (χ0n) is 11.9. The molecule has 21 heavy (non-hydrogen) atoms. The van der Waals surface area contributed by atoms with E-state index < -0.39 is 0 Å². The van der Waals surface area contributed by atoms with E-state index in [1.54, 1.807) is 0 Å². The average Bonchev–Trinajstić information content (AvgIpc) is 2.55. The highest BCUT2D eigenvalue weighted by Crippen LogP contribution is 2.19. The second-order valence-corrected chi connectivity index (χ2v) is 5.06. The van der Waals surface area contributed by atoms with Gasteiger partial charge in [0, 0.05) is 25.0 Å². The first-order chi connectivity index (χ1) is 10.4. The molecule has 3 aromatic rings. The lowest BCUT2D eigenvalue weighted by atomic mass is 10.2. The van der Waals surface area contributed by atoms with Gasteiger partial charge >= 0.3 is 0 Å². The van der Waals surface area contributed by atoms with Crippen LogP contribution in [-0.2, 0) is 6.54 Å². The maximum Gasteiger partial charge on any atom is 0.129 e. The molecule has 0 bridgehead atoms. The maximum atomic E-state index is 5.76. The van der Waals surface area contributed by atoms with Gasteiger partial charge in [-0.2, -0.15) is 0 Å². The van der Waals surface area contributed by atoms with Crippen molar-refractivity contribution in [3.8, 4) is 0 Å². The lowest BCUT2D eigenvalue weighted by Crippen LogP contribution is -2.29. The summed E-state index contributed by atoms with van der Waals surface area (Å²) in [5, 5.41) is 1.16. The van der Waals surface area contributed by atoms with Crippen molar-refractivity contribution in [1.29, 1.82) is 0 Å². The molecule has 0 aliphatic rings. The number of anilines is 1. The van der Waals surface area contributed by atoms with Crippen LogP contribution in [0.5, 0.6) is 0 Å². The highest BCUT2D eigenvalue weighted by Gasteiger charge is 2.08. The molecule has 0 fully saturated rings.